The van der Waals surface area contributed by atoms with Crippen LogP contribution in [0.1, 0.15) is 84.8 Å². The van der Waals surface area contributed by atoms with Crippen LogP contribution in [0.4, 0.5) is 0 Å². The molecule has 4 atom stereocenters. The SMILES string of the molecule is CCCCC1=C(OC)C(CC=C(C)C)C[C@H]2C(C)(C)[C@@]3(C)O[C@@]12c1ccccc13. The van der Waals surface area contributed by atoms with E-state index in [1.54, 1.807) is 0 Å². The van der Waals surface area contributed by atoms with Crippen LogP contribution in [0.2, 0.25) is 0 Å². The van der Waals surface area contributed by atoms with Crippen LogP contribution in [-0.2, 0) is 20.7 Å². The Balaban J connectivity index is 1.96. The van der Waals surface area contributed by atoms with E-state index < -0.39 is 0 Å². The van der Waals surface area contributed by atoms with E-state index in [-0.39, 0.29) is 16.6 Å². The molecule has 2 bridgehead atoms. The topological polar surface area (TPSA) is 18.5 Å². The highest BCUT2D eigenvalue weighted by Crippen LogP contribution is 2.74. The van der Waals surface area contributed by atoms with Crippen LogP contribution in [0, 0.1) is 17.3 Å². The van der Waals surface area contributed by atoms with Gasteiger partial charge in [-0.25, -0.2) is 0 Å². The van der Waals surface area contributed by atoms with Crippen molar-refractivity contribution in [2.75, 3.05) is 7.11 Å². The normalized spacial score (nSPS) is 34.0. The average Bonchev–Trinajstić information content (AvgIpc) is 3.06. The zero-order chi connectivity index (χ0) is 21.0. The summed E-state index contributed by atoms with van der Waals surface area (Å²) >= 11 is 0. The molecule has 1 unspecified atom stereocenters. The van der Waals surface area contributed by atoms with Crippen molar-refractivity contribution in [3.05, 3.63) is 58.4 Å². The molecule has 0 aromatic heterocycles. The number of fused-ring (bicyclic) bond motifs is 3. The molecule has 4 rings (SSSR count). The Labute approximate surface area is 177 Å². The van der Waals surface area contributed by atoms with E-state index in [4.69, 9.17) is 9.47 Å². The largest absolute Gasteiger partial charge is 0.501 e. The highest BCUT2D eigenvalue weighted by Gasteiger charge is 2.74. The molecule has 158 valence electrons. The molecular formula is C27H38O2. The Kier molecular flexibility index (Phi) is 5.01. The zero-order valence-electron chi connectivity index (χ0n) is 19.4. The van der Waals surface area contributed by atoms with Crippen LogP contribution in [0.15, 0.2) is 47.2 Å². The van der Waals surface area contributed by atoms with Crippen molar-refractivity contribution >= 4 is 0 Å². The summed E-state index contributed by atoms with van der Waals surface area (Å²) in [6, 6.07) is 8.97. The first-order valence-corrected chi connectivity index (χ1v) is 11.4. The summed E-state index contributed by atoms with van der Waals surface area (Å²) in [6.07, 6.45) is 7.98. The first kappa shape index (κ1) is 20.7. The second-order valence-electron chi connectivity index (χ2n) is 10.3. The van der Waals surface area contributed by atoms with Gasteiger partial charge < -0.3 is 9.47 Å². The fourth-order valence-corrected chi connectivity index (χ4v) is 6.48. The third-order valence-corrected chi connectivity index (χ3v) is 8.25. The average molecular weight is 395 g/mol. The van der Waals surface area contributed by atoms with Crippen LogP contribution in [-0.4, -0.2) is 7.11 Å². The molecule has 29 heavy (non-hydrogen) atoms. The molecule has 0 radical (unpaired) electrons. The van der Waals surface area contributed by atoms with E-state index in [0.29, 0.717) is 11.8 Å². The van der Waals surface area contributed by atoms with E-state index >= 15 is 0 Å². The standard InChI is InChI=1S/C27H38O2/c1-8-9-12-22-24(28-7)19(16-15-18(2)3)17-23-25(4,5)26(6)20-13-10-11-14-21(20)27(22,23)29-26/h10-11,13-15,19,23H,8-9,12,16-17H2,1-7H3/t19?,23-,26-,27-/m0/s1. The molecule has 1 fully saturated rings. The maximum Gasteiger partial charge on any atom is 0.123 e. The minimum absolute atomic E-state index is 0.0707. The van der Waals surface area contributed by atoms with Crippen LogP contribution in [0.25, 0.3) is 0 Å². The van der Waals surface area contributed by atoms with Gasteiger partial charge in [0.2, 0.25) is 0 Å². The Morgan fingerprint density at radius 2 is 1.86 bits per heavy atom. The summed E-state index contributed by atoms with van der Waals surface area (Å²) in [5.74, 6) is 2.11. The van der Waals surface area contributed by atoms with Crippen LogP contribution in [0.5, 0.6) is 0 Å². The van der Waals surface area contributed by atoms with Crippen LogP contribution < -0.4 is 0 Å². The monoisotopic (exact) mass is 394 g/mol. The predicted octanol–water partition coefficient (Wildman–Crippen LogP) is 7.25. The quantitative estimate of drug-likeness (QED) is 0.473. The summed E-state index contributed by atoms with van der Waals surface area (Å²) in [6.45, 7) is 13.9. The van der Waals surface area contributed by atoms with Gasteiger partial charge in [0, 0.05) is 22.8 Å². The molecule has 0 saturated carbocycles. The Bertz CT molecular complexity index is 857. The molecule has 2 heteroatoms. The maximum atomic E-state index is 7.20. The van der Waals surface area contributed by atoms with Gasteiger partial charge in [-0.1, -0.05) is 63.1 Å². The van der Waals surface area contributed by atoms with E-state index in [2.05, 4.69) is 71.9 Å². The minimum Gasteiger partial charge on any atom is -0.501 e. The second-order valence-corrected chi connectivity index (χ2v) is 10.3. The van der Waals surface area contributed by atoms with Crippen molar-refractivity contribution in [3.63, 3.8) is 0 Å². The van der Waals surface area contributed by atoms with E-state index in [9.17, 15) is 0 Å². The smallest absolute Gasteiger partial charge is 0.123 e. The van der Waals surface area contributed by atoms with Crippen LogP contribution in [0.3, 0.4) is 0 Å². The van der Waals surface area contributed by atoms with E-state index in [1.165, 1.54) is 40.9 Å². The summed E-state index contributed by atoms with van der Waals surface area (Å²) in [5.41, 5.74) is 5.08. The van der Waals surface area contributed by atoms with Crippen molar-refractivity contribution in [1.82, 2.24) is 0 Å². The predicted molar refractivity (Wildman–Crippen MR) is 120 cm³/mol. The molecule has 2 heterocycles. The molecule has 1 saturated heterocycles. The summed E-state index contributed by atoms with van der Waals surface area (Å²) < 4.78 is 13.4. The van der Waals surface area contributed by atoms with Gasteiger partial charge in [0.1, 0.15) is 11.4 Å². The number of hydrogen-bond acceptors (Lipinski definition) is 2. The van der Waals surface area contributed by atoms with Crippen LogP contribution >= 0.6 is 0 Å². The molecule has 0 N–H and O–H groups in total. The van der Waals surface area contributed by atoms with Crippen molar-refractivity contribution in [2.24, 2.45) is 17.3 Å². The van der Waals surface area contributed by atoms with E-state index in [0.717, 1.165) is 19.3 Å². The molecule has 1 aromatic rings. The first-order valence-electron chi connectivity index (χ1n) is 11.4. The number of benzene rings is 1. The Morgan fingerprint density at radius 3 is 2.48 bits per heavy atom. The van der Waals surface area contributed by atoms with Gasteiger partial charge in [0.15, 0.2) is 0 Å². The number of allylic oxidation sites excluding steroid dienone is 3. The zero-order valence-corrected chi connectivity index (χ0v) is 19.4. The molecule has 0 amide bonds. The third kappa shape index (κ3) is 2.64. The Hall–Kier alpha value is -1.54. The van der Waals surface area contributed by atoms with Gasteiger partial charge in [-0.05, 0) is 57.6 Å². The molecular weight excluding hydrogens is 356 g/mol. The van der Waals surface area contributed by atoms with Crippen molar-refractivity contribution in [2.45, 2.75) is 84.8 Å². The number of hydrogen-bond donors (Lipinski definition) is 0. The summed E-state index contributed by atoms with van der Waals surface area (Å²) in [5, 5.41) is 0. The molecule has 2 aliphatic heterocycles. The van der Waals surface area contributed by atoms with Crippen molar-refractivity contribution in [1.29, 1.82) is 0 Å². The van der Waals surface area contributed by atoms with Gasteiger partial charge in [-0.15, -0.1) is 0 Å². The molecule has 1 spiro atoms. The first-order chi connectivity index (χ1) is 13.7. The highest BCUT2D eigenvalue weighted by atomic mass is 16.5. The molecule has 2 nitrogen and oxygen atoms in total. The van der Waals surface area contributed by atoms with Crippen molar-refractivity contribution in [3.8, 4) is 0 Å². The maximum absolute atomic E-state index is 7.20. The lowest BCUT2D eigenvalue weighted by atomic mass is 9.51. The lowest BCUT2D eigenvalue weighted by Gasteiger charge is -2.50. The Morgan fingerprint density at radius 1 is 1.17 bits per heavy atom. The molecule has 3 aliphatic rings. The third-order valence-electron chi connectivity index (χ3n) is 8.25. The lowest BCUT2D eigenvalue weighted by molar-refractivity contribution is -0.0900. The summed E-state index contributed by atoms with van der Waals surface area (Å²) in [7, 11) is 1.87. The van der Waals surface area contributed by atoms with Crippen molar-refractivity contribution < 1.29 is 9.47 Å². The number of ether oxygens (including phenoxy) is 2. The second kappa shape index (κ2) is 7.01. The molecule has 1 aromatic carbocycles. The number of rotatable bonds is 6. The fraction of sp³-hybridized carbons (Fsp3) is 0.630. The van der Waals surface area contributed by atoms with Gasteiger partial charge >= 0.3 is 0 Å². The van der Waals surface area contributed by atoms with Gasteiger partial charge in [0.05, 0.1) is 12.7 Å². The lowest BCUT2D eigenvalue weighted by Crippen LogP contribution is -2.48. The fourth-order valence-electron chi connectivity index (χ4n) is 6.48. The summed E-state index contributed by atoms with van der Waals surface area (Å²) in [4.78, 5) is 0. The van der Waals surface area contributed by atoms with Gasteiger partial charge in [-0.2, -0.15) is 0 Å². The van der Waals surface area contributed by atoms with Gasteiger partial charge in [0.25, 0.3) is 0 Å². The molecule has 1 aliphatic carbocycles. The number of methoxy groups -OCH3 is 1. The van der Waals surface area contributed by atoms with Gasteiger partial charge in [-0.3, -0.25) is 0 Å². The highest BCUT2D eigenvalue weighted by molar-refractivity contribution is 5.54. The number of unbranched alkanes of at least 4 members (excludes halogenated alkanes) is 1. The minimum atomic E-state index is -0.323. The van der Waals surface area contributed by atoms with E-state index in [1.807, 2.05) is 7.11 Å².